The number of benzene rings is 1. The fraction of sp³-hybridized carbons (Fsp3) is 0.143. The number of nitrogens with two attached hydrogens (primary N) is 1. The highest BCUT2D eigenvalue weighted by atomic mass is 33.1. The molecule has 0 aliphatic heterocycles. The third kappa shape index (κ3) is 4.86. The normalized spacial score (nSPS) is 10.4. The summed E-state index contributed by atoms with van der Waals surface area (Å²) in [7, 11) is 2.88. The molecule has 2 aromatic rings. The van der Waals surface area contributed by atoms with Crippen LogP contribution in [0.5, 0.6) is 11.8 Å². The van der Waals surface area contributed by atoms with Gasteiger partial charge in [-0.25, -0.2) is 4.79 Å². The summed E-state index contributed by atoms with van der Waals surface area (Å²) in [6, 6.07) is 9.23. The second-order valence-corrected chi connectivity index (χ2v) is 6.84. The SMILES string of the molecule is NC(=O)c1ccc(SSCCC(=O)On2c(O)ccc2O)cc1. The van der Waals surface area contributed by atoms with Crippen molar-refractivity contribution in [3.8, 4) is 11.8 Å². The molecule has 1 aromatic heterocycles. The van der Waals surface area contributed by atoms with Crippen LogP contribution in [0.1, 0.15) is 16.8 Å². The Morgan fingerprint density at radius 2 is 1.70 bits per heavy atom. The minimum atomic E-state index is -0.580. The van der Waals surface area contributed by atoms with Gasteiger partial charge in [-0.1, -0.05) is 21.6 Å². The van der Waals surface area contributed by atoms with Gasteiger partial charge in [0.15, 0.2) is 0 Å². The summed E-state index contributed by atoms with van der Waals surface area (Å²) in [4.78, 5) is 28.3. The monoisotopic (exact) mass is 354 g/mol. The number of rotatable bonds is 7. The van der Waals surface area contributed by atoms with E-state index >= 15 is 0 Å². The van der Waals surface area contributed by atoms with Crippen molar-refractivity contribution in [2.24, 2.45) is 5.73 Å². The van der Waals surface area contributed by atoms with Crippen molar-refractivity contribution in [1.29, 1.82) is 0 Å². The first-order valence-electron chi connectivity index (χ1n) is 6.47. The number of carbonyl (C=O) groups excluding carboxylic acids is 2. The van der Waals surface area contributed by atoms with E-state index in [9.17, 15) is 19.8 Å². The maximum atomic E-state index is 11.6. The predicted octanol–water partition coefficient (Wildman–Crippen LogP) is 1.78. The molecule has 0 fully saturated rings. The van der Waals surface area contributed by atoms with E-state index in [4.69, 9.17) is 10.6 Å². The summed E-state index contributed by atoms with van der Waals surface area (Å²) in [5.74, 6) is -1.29. The molecule has 0 aliphatic carbocycles. The first-order valence-corrected chi connectivity index (χ1v) is 8.79. The van der Waals surface area contributed by atoms with E-state index in [-0.39, 0.29) is 18.2 Å². The van der Waals surface area contributed by atoms with Crippen LogP contribution in [0.15, 0.2) is 41.3 Å². The zero-order valence-corrected chi connectivity index (χ0v) is 13.5. The topological polar surface area (TPSA) is 115 Å². The van der Waals surface area contributed by atoms with Gasteiger partial charge in [-0.15, -0.1) is 4.73 Å². The smallest absolute Gasteiger partial charge is 0.334 e. The first-order chi connectivity index (χ1) is 11.0. The molecule has 0 unspecified atom stereocenters. The summed E-state index contributed by atoms with van der Waals surface area (Å²) in [5, 5.41) is 18.7. The van der Waals surface area contributed by atoms with Crippen molar-refractivity contribution in [3.05, 3.63) is 42.0 Å². The predicted molar refractivity (Wildman–Crippen MR) is 87.2 cm³/mol. The van der Waals surface area contributed by atoms with Crippen LogP contribution in [0.3, 0.4) is 0 Å². The van der Waals surface area contributed by atoms with Crippen molar-refractivity contribution in [1.82, 2.24) is 4.73 Å². The second-order valence-electron chi connectivity index (χ2n) is 4.35. The van der Waals surface area contributed by atoms with Crippen molar-refractivity contribution < 1.29 is 24.6 Å². The Labute approximate surface area is 139 Å². The summed E-state index contributed by atoms with van der Waals surface area (Å²) in [5.41, 5.74) is 5.59. The van der Waals surface area contributed by atoms with Crippen molar-refractivity contribution in [3.63, 3.8) is 0 Å². The van der Waals surface area contributed by atoms with Crippen molar-refractivity contribution in [2.75, 3.05) is 5.75 Å². The molecule has 0 saturated carbocycles. The Balaban J connectivity index is 1.72. The van der Waals surface area contributed by atoms with E-state index in [2.05, 4.69) is 0 Å². The lowest BCUT2D eigenvalue weighted by molar-refractivity contribution is -0.144. The molecule has 0 bridgehead atoms. The lowest BCUT2D eigenvalue weighted by atomic mass is 10.2. The van der Waals surface area contributed by atoms with Gasteiger partial charge in [0.05, 0.1) is 6.42 Å². The molecule has 1 aromatic carbocycles. The Hall–Kier alpha value is -2.26. The van der Waals surface area contributed by atoms with Crippen LogP contribution in [-0.2, 0) is 4.79 Å². The van der Waals surface area contributed by atoms with Crippen LogP contribution in [0.25, 0.3) is 0 Å². The zero-order valence-electron chi connectivity index (χ0n) is 11.8. The lowest BCUT2D eigenvalue weighted by Gasteiger charge is -2.06. The summed E-state index contributed by atoms with van der Waals surface area (Å²) >= 11 is 0. The highest BCUT2D eigenvalue weighted by Gasteiger charge is 2.12. The molecule has 1 amide bonds. The fourth-order valence-corrected chi connectivity index (χ4v) is 3.51. The van der Waals surface area contributed by atoms with Gasteiger partial charge >= 0.3 is 5.97 Å². The second kappa shape index (κ2) is 7.84. The Bertz CT molecular complexity index is 680. The maximum Gasteiger partial charge on any atom is 0.334 e. The number of hydrogen-bond acceptors (Lipinski definition) is 7. The summed E-state index contributed by atoms with van der Waals surface area (Å²) in [6.07, 6.45) is 0.105. The molecule has 9 heteroatoms. The van der Waals surface area contributed by atoms with Gasteiger partial charge in [0, 0.05) is 28.3 Å². The maximum absolute atomic E-state index is 11.6. The number of nitrogens with zero attached hydrogens (tertiary/aromatic N) is 1. The van der Waals surface area contributed by atoms with Crippen LogP contribution >= 0.6 is 21.6 Å². The first kappa shape index (κ1) is 17.1. The minimum Gasteiger partial charge on any atom is -0.492 e. The quantitative estimate of drug-likeness (QED) is 0.513. The third-order valence-electron chi connectivity index (χ3n) is 2.67. The molecule has 2 rings (SSSR count). The number of aromatic nitrogens is 1. The van der Waals surface area contributed by atoms with Crippen molar-refractivity contribution >= 4 is 33.5 Å². The van der Waals surface area contributed by atoms with Gasteiger partial charge in [0.25, 0.3) is 0 Å². The molecule has 1 heterocycles. The number of aromatic hydroxyl groups is 2. The molecule has 7 nitrogen and oxygen atoms in total. The van der Waals surface area contributed by atoms with Gasteiger partial charge in [0.1, 0.15) is 0 Å². The van der Waals surface area contributed by atoms with Crippen LogP contribution in [0.2, 0.25) is 0 Å². The van der Waals surface area contributed by atoms with Crippen LogP contribution < -0.4 is 10.6 Å². The Morgan fingerprint density at radius 1 is 1.09 bits per heavy atom. The van der Waals surface area contributed by atoms with Gasteiger partial charge in [-0.05, 0) is 24.3 Å². The Kier molecular flexibility index (Phi) is 5.83. The number of amides is 1. The average Bonchev–Trinajstić information content (AvgIpc) is 2.84. The van der Waals surface area contributed by atoms with E-state index in [0.29, 0.717) is 16.0 Å². The van der Waals surface area contributed by atoms with Crippen LogP contribution in [0.4, 0.5) is 0 Å². The molecule has 0 aliphatic rings. The molecule has 0 spiro atoms. The average molecular weight is 354 g/mol. The summed E-state index contributed by atoms with van der Waals surface area (Å²) in [6.45, 7) is 0. The van der Waals surface area contributed by atoms with E-state index in [0.717, 1.165) is 4.90 Å². The van der Waals surface area contributed by atoms with Crippen LogP contribution in [0, 0.1) is 0 Å². The molecule has 4 N–H and O–H groups in total. The largest absolute Gasteiger partial charge is 0.492 e. The van der Waals surface area contributed by atoms with Crippen molar-refractivity contribution in [2.45, 2.75) is 11.3 Å². The zero-order chi connectivity index (χ0) is 16.8. The van der Waals surface area contributed by atoms with E-state index in [1.807, 2.05) is 0 Å². The standard InChI is InChI=1S/C14H14N2O5S2/c15-14(20)9-1-3-10(4-2-9)23-22-8-7-13(19)21-16-11(17)5-6-12(16)18/h1-6,17-18H,7-8H2,(H2,15,20). The van der Waals surface area contributed by atoms with E-state index in [1.54, 1.807) is 24.3 Å². The Morgan fingerprint density at radius 3 is 2.26 bits per heavy atom. The van der Waals surface area contributed by atoms with E-state index < -0.39 is 11.9 Å². The third-order valence-corrected chi connectivity index (χ3v) is 5.06. The van der Waals surface area contributed by atoms with Gasteiger partial charge in [-0.2, -0.15) is 0 Å². The minimum absolute atomic E-state index is 0.105. The van der Waals surface area contributed by atoms with Gasteiger partial charge in [0.2, 0.25) is 17.7 Å². The number of primary amides is 1. The molecule has 23 heavy (non-hydrogen) atoms. The van der Waals surface area contributed by atoms with Crippen LogP contribution in [-0.4, -0.2) is 32.6 Å². The number of carbonyl (C=O) groups is 2. The number of hydrogen-bond donors (Lipinski definition) is 3. The lowest BCUT2D eigenvalue weighted by Crippen LogP contribution is -2.19. The van der Waals surface area contributed by atoms with E-state index in [1.165, 1.54) is 33.7 Å². The molecular weight excluding hydrogens is 340 g/mol. The molecular formula is C14H14N2O5S2. The highest BCUT2D eigenvalue weighted by molar-refractivity contribution is 8.76. The highest BCUT2D eigenvalue weighted by Crippen LogP contribution is 2.31. The van der Waals surface area contributed by atoms with Gasteiger partial charge in [-0.3, -0.25) is 4.79 Å². The summed E-state index contributed by atoms with van der Waals surface area (Å²) < 4.78 is 0.655. The molecule has 0 saturated heterocycles. The molecule has 0 atom stereocenters. The van der Waals surface area contributed by atoms with Gasteiger partial charge < -0.3 is 20.8 Å². The molecule has 122 valence electrons. The molecule has 0 radical (unpaired) electrons. The fourth-order valence-electron chi connectivity index (χ4n) is 1.55.